The largest absolute Gasteiger partial charge is 0.497 e. The number of fused-ring (bicyclic) bond motifs is 1. The van der Waals surface area contributed by atoms with Crippen LogP contribution in [0.1, 0.15) is 15.5 Å². The summed E-state index contributed by atoms with van der Waals surface area (Å²) in [6, 6.07) is 9.01. The van der Waals surface area contributed by atoms with Crippen LogP contribution in [0.25, 0.3) is 10.9 Å². The zero-order chi connectivity index (χ0) is 14.8. The zero-order valence-corrected chi connectivity index (χ0v) is 12.3. The number of hydrogen-bond acceptors (Lipinski definition) is 6. The third kappa shape index (κ3) is 2.82. The number of carbonyl (C=O) groups excluding carboxylic acids is 1. The summed E-state index contributed by atoms with van der Waals surface area (Å²) in [5, 5.41) is 12.6. The highest BCUT2D eigenvalue weighted by Crippen LogP contribution is 2.20. The first-order valence-electron chi connectivity index (χ1n) is 6.22. The maximum Gasteiger partial charge on any atom is 0.276 e. The second kappa shape index (κ2) is 5.45. The summed E-state index contributed by atoms with van der Waals surface area (Å²) in [5.41, 5.74) is 1.07. The van der Waals surface area contributed by atoms with Gasteiger partial charge in [0, 0.05) is 5.39 Å². The molecule has 0 aliphatic rings. The van der Waals surface area contributed by atoms with E-state index in [1.54, 1.807) is 13.2 Å². The Balaban J connectivity index is 1.88. The fourth-order valence-corrected chi connectivity index (χ4v) is 2.45. The van der Waals surface area contributed by atoms with Crippen LogP contribution in [0.3, 0.4) is 0 Å². The van der Waals surface area contributed by atoms with Crippen molar-refractivity contribution in [2.45, 2.75) is 6.92 Å². The molecule has 0 unspecified atom stereocenters. The predicted octanol–water partition coefficient (Wildman–Crippen LogP) is 2.66. The van der Waals surface area contributed by atoms with Crippen LogP contribution in [-0.2, 0) is 0 Å². The summed E-state index contributed by atoms with van der Waals surface area (Å²) in [4.78, 5) is 16.5. The minimum atomic E-state index is -0.302. The van der Waals surface area contributed by atoms with E-state index >= 15 is 0 Å². The third-order valence-corrected chi connectivity index (χ3v) is 3.63. The number of aromatic nitrogens is 3. The normalized spacial score (nSPS) is 10.6. The molecule has 0 fully saturated rings. The number of nitrogens with zero attached hydrogens (tertiary/aromatic N) is 3. The molecule has 2 heterocycles. The monoisotopic (exact) mass is 300 g/mol. The Morgan fingerprint density at radius 3 is 2.81 bits per heavy atom. The minimum absolute atomic E-state index is 0.302. The summed E-state index contributed by atoms with van der Waals surface area (Å²) < 4.78 is 5.16. The lowest BCUT2D eigenvalue weighted by Gasteiger charge is -2.04. The molecular formula is C14H12N4O2S. The number of carbonyl (C=O) groups is 1. The molecule has 0 aliphatic carbocycles. The fraction of sp³-hybridized carbons (Fsp3) is 0.143. The first kappa shape index (κ1) is 13.4. The number of rotatable bonds is 3. The van der Waals surface area contributed by atoms with E-state index in [-0.39, 0.29) is 5.91 Å². The van der Waals surface area contributed by atoms with Gasteiger partial charge in [0.15, 0.2) is 0 Å². The Hall–Kier alpha value is -2.54. The molecule has 1 aromatic carbocycles. The highest BCUT2D eigenvalue weighted by atomic mass is 32.1. The first-order chi connectivity index (χ1) is 10.2. The van der Waals surface area contributed by atoms with Gasteiger partial charge < -0.3 is 4.74 Å². The molecule has 7 heteroatoms. The van der Waals surface area contributed by atoms with Gasteiger partial charge in [0.05, 0.1) is 12.6 Å². The zero-order valence-electron chi connectivity index (χ0n) is 11.5. The standard InChI is InChI=1S/C14H12N4O2S/c1-8-17-18-14(21-8)16-13(19)12-5-3-9-7-10(20-2)4-6-11(9)15-12/h3-7H,1-2H3,(H,16,18,19). The second-order valence-corrected chi connectivity index (χ2v) is 5.52. The van der Waals surface area contributed by atoms with E-state index < -0.39 is 0 Å². The average Bonchev–Trinajstić information content (AvgIpc) is 2.91. The number of amides is 1. The quantitative estimate of drug-likeness (QED) is 0.804. The van der Waals surface area contributed by atoms with Gasteiger partial charge >= 0.3 is 0 Å². The number of pyridine rings is 1. The van der Waals surface area contributed by atoms with Crippen molar-refractivity contribution < 1.29 is 9.53 Å². The molecule has 0 saturated carbocycles. The maximum atomic E-state index is 12.1. The molecule has 21 heavy (non-hydrogen) atoms. The van der Waals surface area contributed by atoms with Crippen molar-refractivity contribution in [3.05, 3.63) is 41.0 Å². The summed E-state index contributed by atoms with van der Waals surface area (Å²) in [6.07, 6.45) is 0. The summed E-state index contributed by atoms with van der Waals surface area (Å²) in [7, 11) is 1.61. The Kier molecular flexibility index (Phi) is 3.49. The van der Waals surface area contributed by atoms with Crippen molar-refractivity contribution >= 4 is 33.3 Å². The number of nitrogens with one attached hydrogen (secondary N) is 1. The van der Waals surface area contributed by atoms with E-state index in [4.69, 9.17) is 4.74 Å². The molecule has 3 aromatic rings. The maximum absolute atomic E-state index is 12.1. The van der Waals surface area contributed by atoms with Crippen molar-refractivity contribution in [2.75, 3.05) is 12.4 Å². The molecule has 6 nitrogen and oxygen atoms in total. The van der Waals surface area contributed by atoms with Crippen molar-refractivity contribution in [1.29, 1.82) is 0 Å². The SMILES string of the molecule is COc1ccc2nc(C(=O)Nc3nnc(C)s3)ccc2c1. The Labute approximate surface area is 124 Å². The van der Waals surface area contributed by atoms with Crippen molar-refractivity contribution in [2.24, 2.45) is 0 Å². The van der Waals surface area contributed by atoms with E-state index in [2.05, 4.69) is 20.5 Å². The minimum Gasteiger partial charge on any atom is -0.497 e. The number of methoxy groups -OCH3 is 1. The first-order valence-corrected chi connectivity index (χ1v) is 7.03. The van der Waals surface area contributed by atoms with E-state index in [1.807, 2.05) is 31.2 Å². The van der Waals surface area contributed by atoms with Gasteiger partial charge in [-0.15, -0.1) is 10.2 Å². The molecule has 2 aromatic heterocycles. The summed E-state index contributed by atoms with van der Waals surface area (Å²) in [5.74, 6) is 0.453. The van der Waals surface area contributed by atoms with Gasteiger partial charge in [-0.1, -0.05) is 17.4 Å². The predicted molar refractivity (Wildman–Crippen MR) is 80.9 cm³/mol. The van der Waals surface area contributed by atoms with Gasteiger partial charge in [0.2, 0.25) is 5.13 Å². The molecule has 106 valence electrons. The van der Waals surface area contributed by atoms with Crippen molar-refractivity contribution in [3.63, 3.8) is 0 Å². The van der Waals surface area contributed by atoms with Crippen LogP contribution in [0.5, 0.6) is 5.75 Å². The summed E-state index contributed by atoms with van der Waals surface area (Å²) in [6.45, 7) is 1.83. The van der Waals surface area contributed by atoms with Crippen molar-refractivity contribution in [1.82, 2.24) is 15.2 Å². The van der Waals surface area contributed by atoms with Crippen LogP contribution in [0.2, 0.25) is 0 Å². The van der Waals surface area contributed by atoms with E-state index in [0.717, 1.165) is 21.7 Å². The molecule has 0 bridgehead atoms. The van der Waals surface area contributed by atoms with Crippen LogP contribution in [0.4, 0.5) is 5.13 Å². The van der Waals surface area contributed by atoms with Crippen molar-refractivity contribution in [3.8, 4) is 5.75 Å². The molecule has 1 amide bonds. The average molecular weight is 300 g/mol. The van der Waals surface area contributed by atoms with Gasteiger partial charge in [-0.25, -0.2) is 4.98 Å². The second-order valence-electron chi connectivity index (χ2n) is 4.34. The van der Waals surface area contributed by atoms with Crippen LogP contribution >= 0.6 is 11.3 Å². The summed E-state index contributed by atoms with van der Waals surface area (Å²) >= 11 is 1.32. The molecular weight excluding hydrogens is 288 g/mol. The molecule has 0 radical (unpaired) electrons. The molecule has 0 spiro atoms. The van der Waals surface area contributed by atoms with Crippen LogP contribution < -0.4 is 10.1 Å². The fourth-order valence-electron chi connectivity index (χ4n) is 1.87. The molecule has 0 aliphatic heterocycles. The van der Waals surface area contributed by atoms with Gasteiger partial charge in [0.25, 0.3) is 5.91 Å². The van der Waals surface area contributed by atoms with Gasteiger partial charge in [-0.2, -0.15) is 0 Å². The van der Waals surface area contributed by atoms with E-state index in [1.165, 1.54) is 11.3 Å². The van der Waals surface area contributed by atoms with Crippen LogP contribution in [0.15, 0.2) is 30.3 Å². The lowest BCUT2D eigenvalue weighted by molar-refractivity contribution is 0.102. The highest BCUT2D eigenvalue weighted by molar-refractivity contribution is 7.15. The molecule has 0 saturated heterocycles. The number of hydrogen-bond donors (Lipinski definition) is 1. The molecule has 3 rings (SSSR count). The van der Waals surface area contributed by atoms with Gasteiger partial charge in [-0.3, -0.25) is 10.1 Å². The number of aryl methyl sites for hydroxylation is 1. The van der Waals surface area contributed by atoms with E-state index in [9.17, 15) is 4.79 Å². The molecule has 1 N–H and O–H groups in total. The third-order valence-electron chi connectivity index (χ3n) is 2.88. The molecule has 0 atom stereocenters. The number of ether oxygens (including phenoxy) is 1. The number of anilines is 1. The smallest absolute Gasteiger partial charge is 0.276 e. The Morgan fingerprint density at radius 2 is 2.10 bits per heavy atom. The van der Waals surface area contributed by atoms with E-state index in [0.29, 0.717) is 10.8 Å². The van der Waals surface area contributed by atoms with Gasteiger partial charge in [0.1, 0.15) is 16.5 Å². The lowest BCUT2D eigenvalue weighted by Crippen LogP contribution is -2.13. The number of benzene rings is 1. The van der Waals surface area contributed by atoms with Crippen LogP contribution in [-0.4, -0.2) is 28.2 Å². The lowest BCUT2D eigenvalue weighted by atomic mass is 10.2. The topological polar surface area (TPSA) is 77.0 Å². The Bertz CT molecular complexity index is 816. The Morgan fingerprint density at radius 1 is 1.24 bits per heavy atom. The van der Waals surface area contributed by atoms with Gasteiger partial charge in [-0.05, 0) is 31.2 Å². The van der Waals surface area contributed by atoms with Crippen LogP contribution in [0, 0.1) is 6.92 Å². The highest BCUT2D eigenvalue weighted by Gasteiger charge is 2.11.